The third kappa shape index (κ3) is 4.41. The zero-order valence-corrected chi connectivity index (χ0v) is 18.5. The van der Waals surface area contributed by atoms with Crippen LogP contribution >= 0.6 is 12.2 Å². The zero-order chi connectivity index (χ0) is 21.1. The van der Waals surface area contributed by atoms with Crippen LogP contribution in [0.1, 0.15) is 28.1 Å². The molecular weight excluding hydrogens is 390 g/mol. The minimum absolute atomic E-state index is 0.630. The van der Waals surface area contributed by atoms with Crippen LogP contribution in [0.25, 0.3) is 10.9 Å². The summed E-state index contributed by atoms with van der Waals surface area (Å²) in [5, 5.41) is 5.42. The number of para-hydroxylation sites is 1. The van der Waals surface area contributed by atoms with E-state index in [1.807, 2.05) is 24.3 Å². The molecule has 0 atom stereocenters. The lowest BCUT2D eigenvalue weighted by Gasteiger charge is -2.25. The molecule has 0 fully saturated rings. The fourth-order valence-corrected chi connectivity index (χ4v) is 4.08. The number of hydrogen-bond acceptors (Lipinski definition) is 2. The highest BCUT2D eigenvalue weighted by molar-refractivity contribution is 7.80. The van der Waals surface area contributed by atoms with Gasteiger partial charge in [0.05, 0.1) is 12.8 Å². The van der Waals surface area contributed by atoms with Crippen molar-refractivity contribution in [1.29, 1.82) is 0 Å². The molecule has 0 saturated carbocycles. The fraction of sp³-hybridized carbons (Fsp3) is 0.240. The van der Waals surface area contributed by atoms with Crippen molar-refractivity contribution >= 4 is 33.9 Å². The van der Waals surface area contributed by atoms with E-state index in [-0.39, 0.29) is 0 Å². The average Bonchev–Trinajstić information content (AvgIpc) is 3.34. The largest absolute Gasteiger partial charge is 0.467 e. The number of nitrogens with zero attached hydrogens (tertiary/aromatic N) is 1. The Hall–Kier alpha value is -3.05. The number of anilines is 1. The SMILES string of the molecule is Cc1ccc2[nH]c(C)c(CCN(Cc3ccco3)C(=S)Nc3ccccc3C)c2c1. The van der Waals surface area contributed by atoms with E-state index in [9.17, 15) is 0 Å². The second-order valence-electron chi connectivity index (χ2n) is 7.77. The first-order chi connectivity index (χ1) is 14.5. The quantitative estimate of drug-likeness (QED) is 0.371. The molecule has 4 rings (SSSR count). The molecule has 0 aliphatic heterocycles. The number of furan rings is 1. The molecule has 4 aromatic rings. The summed E-state index contributed by atoms with van der Waals surface area (Å²) in [6.45, 7) is 7.78. The number of hydrogen-bond donors (Lipinski definition) is 2. The number of fused-ring (bicyclic) bond motifs is 1. The maximum atomic E-state index is 5.80. The molecule has 154 valence electrons. The van der Waals surface area contributed by atoms with Crippen molar-refractivity contribution in [3.63, 3.8) is 0 Å². The molecule has 2 aromatic carbocycles. The third-order valence-electron chi connectivity index (χ3n) is 5.51. The monoisotopic (exact) mass is 417 g/mol. The van der Waals surface area contributed by atoms with Gasteiger partial charge in [-0.15, -0.1) is 0 Å². The Kier molecular flexibility index (Phi) is 5.91. The van der Waals surface area contributed by atoms with Gasteiger partial charge in [0.1, 0.15) is 5.76 Å². The van der Waals surface area contributed by atoms with Gasteiger partial charge in [0.15, 0.2) is 5.11 Å². The maximum Gasteiger partial charge on any atom is 0.173 e. The lowest BCUT2D eigenvalue weighted by Crippen LogP contribution is -2.36. The normalized spacial score (nSPS) is 11.0. The standard InChI is InChI=1S/C25H27N3OS/c1-17-10-11-24-22(15-17)21(19(3)26-24)12-13-28(16-20-8-6-14-29-20)25(30)27-23-9-5-4-7-18(23)2/h4-11,14-15,26H,12-13,16H2,1-3H3,(H,27,30). The second-order valence-corrected chi connectivity index (χ2v) is 8.16. The van der Waals surface area contributed by atoms with Crippen LogP contribution in [0.3, 0.4) is 0 Å². The van der Waals surface area contributed by atoms with Crippen LogP contribution in [-0.2, 0) is 13.0 Å². The van der Waals surface area contributed by atoms with E-state index in [0.29, 0.717) is 11.7 Å². The summed E-state index contributed by atoms with van der Waals surface area (Å²) in [6.07, 6.45) is 2.60. The van der Waals surface area contributed by atoms with Crippen molar-refractivity contribution in [3.8, 4) is 0 Å². The van der Waals surface area contributed by atoms with Crippen LogP contribution in [0.2, 0.25) is 0 Å². The van der Waals surface area contributed by atoms with Crippen molar-refractivity contribution in [3.05, 3.63) is 89.0 Å². The Labute approximate surface area is 182 Å². The smallest absolute Gasteiger partial charge is 0.173 e. The number of benzene rings is 2. The lowest BCUT2D eigenvalue weighted by atomic mass is 10.1. The number of rotatable bonds is 6. The lowest BCUT2D eigenvalue weighted by molar-refractivity contribution is 0.368. The van der Waals surface area contributed by atoms with E-state index in [0.717, 1.165) is 24.4 Å². The summed E-state index contributed by atoms with van der Waals surface area (Å²) in [4.78, 5) is 5.69. The van der Waals surface area contributed by atoms with Crippen LogP contribution in [0, 0.1) is 20.8 Å². The summed E-state index contributed by atoms with van der Waals surface area (Å²) < 4.78 is 5.60. The highest BCUT2D eigenvalue weighted by Crippen LogP contribution is 2.24. The molecule has 0 aliphatic carbocycles. The molecule has 5 heteroatoms. The van der Waals surface area contributed by atoms with Gasteiger partial charge in [0.2, 0.25) is 0 Å². The summed E-state index contributed by atoms with van der Waals surface area (Å²) in [7, 11) is 0. The van der Waals surface area contributed by atoms with Crippen LogP contribution < -0.4 is 5.32 Å². The molecule has 4 nitrogen and oxygen atoms in total. The Bertz CT molecular complexity index is 1160. The van der Waals surface area contributed by atoms with Gasteiger partial charge < -0.3 is 19.6 Å². The molecule has 2 heterocycles. The Morgan fingerprint density at radius 1 is 1.07 bits per heavy atom. The zero-order valence-electron chi connectivity index (χ0n) is 17.7. The highest BCUT2D eigenvalue weighted by atomic mass is 32.1. The minimum atomic E-state index is 0.630. The number of aromatic amines is 1. The minimum Gasteiger partial charge on any atom is -0.467 e. The van der Waals surface area contributed by atoms with Crippen molar-refractivity contribution in [1.82, 2.24) is 9.88 Å². The predicted molar refractivity (Wildman–Crippen MR) is 128 cm³/mol. The summed E-state index contributed by atoms with van der Waals surface area (Å²) in [6, 6.07) is 18.7. The van der Waals surface area contributed by atoms with E-state index < -0.39 is 0 Å². The Balaban J connectivity index is 1.56. The van der Waals surface area contributed by atoms with Crippen LogP contribution in [-0.4, -0.2) is 21.5 Å². The van der Waals surface area contributed by atoms with Gasteiger partial charge in [-0.25, -0.2) is 0 Å². The first-order valence-corrected chi connectivity index (χ1v) is 10.6. The maximum absolute atomic E-state index is 5.80. The van der Waals surface area contributed by atoms with E-state index in [4.69, 9.17) is 16.6 Å². The van der Waals surface area contributed by atoms with E-state index >= 15 is 0 Å². The first kappa shape index (κ1) is 20.2. The molecule has 0 aliphatic rings. The van der Waals surface area contributed by atoms with Crippen molar-refractivity contribution in [2.75, 3.05) is 11.9 Å². The molecule has 0 amide bonds. The van der Waals surface area contributed by atoms with Gasteiger partial charge in [-0.1, -0.05) is 29.8 Å². The van der Waals surface area contributed by atoms with Gasteiger partial charge >= 0.3 is 0 Å². The highest BCUT2D eigenvalue weighted by Gasteiger charge is 2.16. The number of H-pyrrole nitrogens is 1. The number of aryl methyl sites for hydroxylation is 3. The Morgan fingerprint density at radius 3 is 2.67 bits per heavy atom. The van der Waals surface area contributed by atoms with Crippen LogP contribution in [0.15, 0.2) is 65.3 Å². The van der Waals surface area contributed by atoms with Gasteiger partial charge in [0, 0.05) is 28.8 Å². The number of nitrogens with one attached hydrogen (secondary N) is 2. The molecule has 0 radical (unpaired) electrons. The molecule has 0 saturated heterocycles. The summed E-state index contributed by atoms with van der Waals surface area (Å²) in [5.41, 5.74) is 7.22. The van der Waals surface area contributed by atoms with Crippen molar-refractivity contribution < 1.29 is 4.42 Å². The van der Waals surface area contributed by atoms with Crippen molar-refractivity contribution in [2.24, 2.45) is 0 Å². The van der Waals surface area contributed by atoms with Gasteiger partial charge in [-0.3, -0.25) is 0 Å². The third-order valence-corrected chi connectivity index (χ3v) is 5.87. The number of thiocarbonyl (C=S) groups is 1. The summed E-state index contributed by atoms with van der Waals surface area (Å²) >= 11 is 5.80. The average molecular weight is 418 g/mol. The van der Waals surface area contributed by atoms with Gasteiger partial charge in [-0.2, -0.15) is 0 Å². The van der Waals surface area contributed by atoms with Gasteiger partial charge in [-0.05, 0) is 80.9 Å². The first-order valence-electron chi connectivity index (χ1n) is 10.2. The van der Waals surface area contributed by atoms with E-state index in [1.54, 1.807) is 6.26 Å². The molecule has 2 aromatic heterocycles. The van der Waals surface area contributed by atoms with Crippen LogP contribution in [0.5, 0.6) is 0 Å². The molecule has 2 N–H and O–H groups in total. The van der Waals surface area contributed by atoms with Gasteiger partial charge in [0.25, 0.3) is 0 Å². The van der Waals surface area contributed by atoms with E-state index in [2.05, 4.69) is 66.3 Å². The molecule has 0 unspecified atom stereocenters. The molecule has 30 heavy (non-hydrogen) atoms. The fourth-order valence-electron chi connectivity index (χ4n) is 3.82. The topological polar surface area (TPSA) is 44.2 Å². The molecular formula is C25H27N3OS. The number of aromatic nitrogens is 1. The predicted octanol–water partition coefficient (Wildman–Crippen LogP) is 6.13. The molecule has 0 bridgehead atoms. The molecule has 0 spiro atoms. The Morgan fingerprint density at radius 2 is 1.90 bits per heavy atom. The van der Waals surface area contributed by atoms with Crippen LogP contribution in [0.4, 0.5) is 5.69 Å². The van der Waals surface area contributed by atoms with Crippen molar-refractivity contribution in [2.45, 2.75) is 33.7 Å². The van der Waals surface area contributed by atoms with E-state index in [1.165, 1.54) is 33.3 Å². The second kappa shape index (κ2) is 8.76. The summed E-state index contributed by atoms with van der Waals surface area (Å²) in [5.74, 6) is 0.899.